The highest BCUT2D eigenvalue weighted by Gasteiger charge is 2.33. The second-order valence-corrected chi connectivity index (χ2v) is 6.27. The number of thiocarbonyl (C=S) groups is 1. The lowest BCUT2D eigenvalue weighted by Gasteiger charge is -2.15. The fourth-order valence-electron chi connectivity index (χ4n) is 2.68. The molecular formula is C19H19N3O2S. The lowest BCUT2D eigenvalue weighted by atomic mass is 10.1. The first-order valence-corrected chi connectivity index (χ1v) is 8.54. The number of amides is 2. The Morgan fingerprint density at radius 3 is 2.44 bits per heavy atom. The molecule has 1 aliphatic rings. The van der Waals surface area contributed by atoms with Crippen LogP contribution in [0.5, 0.6) is 0 Å². The number of hydrogen-bond donors (Lipinski definition) is 2. The number of carbonyl (C=O) groups is 2. The second-order valence-electron chi connectivity index (χ2n) is 5.88. The van der Waals surface area contributed by atoms with E-state index in [-0.39, 0.29) is 17.9 Å². The van der Waals surface area contributed by atoms with Gasteiger partial charge in [-0.1, -0.05) is 30.3 Å². The van der Waals surface area contributed by atoms with Gasteiger partial charge in [0.15, 0.2) is 5.11 Å². The van der Waals surface area contributed by atoms with Crippen LogP contribution in [0.3, 0.4) is 0 Å². The molecule has 0 radical (unpaired) electrons. The Morgan fingerprint density at radius 1 is 1.16 bits per heavy atom. The smallest absolute Gasteiger partial charge is 0.255 e. The van der Waals surface area contributed by atoms with Crippen LogP contribution in [0, 0.1) is 0 Å². The minimum atomic E-state index is -0.325. The lowest BCUT2D eigenvalue weighted by molar-refractivity contribution is -0.117. The van der Waals surface area contributed by atoms with Crippen LogP contribution in [0.25, 0.3) is 0 Å². The molecule has 1 atom stereocenters. The van der Waals surface area contributed by atoms with Crippen molar-refractivity contribution in [3.8, 4) is 0 Å². The van der Waals surface area contributed by atoms with Gasteiger partial charge in [0.25, 0.3) is 11.8 Å². The monoisotopic (exact) mass is 353 g/mol. The molecule has 1 heterocycles. The van der Waals surface area contributed by atoms with Crippen molar-refractivity contribution in [1.82, 2.24) is 10.6 Å². The van der Waals surface area contributed by atoms with Crippen LogP contribution in [0.1, 0.15) is 22.8 Å². The average molecular weight is 353 g/mol. The summed E-state index contributed by atoms with van der Waals surface area (Å²) < 4.78 is 0. The van der Waals surface area contributed by atoms with E-state index in [4.69, 9.17) is 12.2 Å². The van der Waals surface area contributed by atoms with E-state index >= 15 is 0 Å². The summed E-state index contributed by atoms with van der Waals surface area (Å²) in [6.07, 6.45) is 0.783. The molecule has 0 spiro atoms. The first-order chi connectivity index (χ1) is 12.1. The number of benzene rings is 2. The molecule has 1 saturated heterocycles. The largest absolute Gasteiger partial charge is 0.352 e. The third-order valence-corrected chi connectivity index (χ3v) is 4.36. The topological polar surface area (TPSA) is 61.4 Å². The zero-order valence-electron chi connectivity index (χ0n) is 13.9. The molecular weight excluding hydrogens is 334 g/mol. The maximum Gasteiger partial charge on any atom is 0.255 e. The zero-order valence-corrected chi connectivity index (χ0v) is 14.7. The number of anilines is 1. The molecule has 2 N–H and O–H groups in total. The Labute approximate surface area is 152 Å². The van der Waals surface area contributed by atoms with Crippen molar-refractivity contribution in [3.05, 3.63) is 65.7 Å². The van der Waals surface area contributed by atoms with Crippen molar-refractivity contribution >= 4 is 34.8 Å². The Morgan fingerprint density at radius 2 is 1.84 bits per heavy atom. The summed E-state index contributed by atoms with van der Waals surface area (Å²) in [5.74, 6) is -0.227. The van der Waals surface area contributed by atoms with Crippen LogP contribution < -0.4 is 15.5 Å². The predicted octanol–water partition coefficient (Wildman–Crippen LogP) is 2.27. The Bertz CT molecular complexity index is 790. The first-order valence-electron chi connectivity index (χ1n) is 8.13. The van der Waals surface area contributed by atoms with E-state index in [0.717, 1.165) is 6.42 Å². The van der Waals surface area contributed by atoms with Crippen molar-refractivity contribution in [3.63, 3.8) is 0 Å². The predicted molar refractivity (Wildman–Crippen MR) is 102 cm³/mol. The SMILES string of the molecule is CC1NC(=S)N(c2ccc(C(=O)NCCc3ccccc3)cc2)C1=O. The highest BCUT2D eigenvalue weighted by atomic mass is 32.1. The maximum absolute atomic E-state index is 12.2. The van der Waals surface area contributed by atoms with E-state index in [1.807, 2.05) is 30.3 Å². The summed E-state index contributed by atoms with van der Waals surface area (Å²) in [4.78, 5) is 25.8. The number of nitrogens with zero attached hydrogens (tertiary/aromatic N) is 1. The summed E-state index contributed by atoms with van der Waals surface area (Å²) in [5.41, 5.74) is 2.39. The molecule has 1 unspecified atom stereocenters. The molecule has 2 aromatic rings. The van der Waals surface area contributed by atoms with Crippen molar-refractivity contribution < 1.29 is 9.59 Å². The van der Waals surface area contributed by atoms with Gasteiger partial charge in [-0.3, -0.25) is 14.5 Å². The van der Waals surface area contributed by atoms with E-state index < -0.39 is 0 Å². The summed E-state index contributed by atoms with van der Waals surface area (Å²) in [5, 5.41) is 6.21. The Kier molecular flexibility index (Phi) is 5.09. The molecule has 1 aliphatic heterocycles. The molecule has 0 aromatic heterocycles. The molecule has 2 aromatic carbocycles. The van der Waals surface area contributed by atoms with Crippen molar-refractivity contribution in [2.75, 3.05) is 11.4 Å². The molecule has 1 fully saturated rings. The van der Waals surface area contributed by atoms with Crippen LogP contribution in [0.15, 0.2) is 54.6 Å². The number of nitrogens with one attached hydrogen (secondary N) is 2. The molecule has 6 heteroatoms. The summed E-state index contributed by atoms with van der Waals surface area (Å²) in [6, 6.07) is 16.5. The fourth-order valence-corrected chi connectivity index (χ4v) is 3.05. The summed E-state index contributed by atoms with van der Waals surface area (Å²) >= 11 is 5.18. The van der Waals surface area contributed by atoms with Crippen molar-refractivity contribution in [1.29, 1.82) is 0 Å². The quantitative estimate of drug-likeness (QED) is 0.810. The van der Waals surface area contributed by atoms with Crippen LogP contribution in [-0.2, 0) is 11.2 Å². The molecule has 2 amide bonds. The lowest BCUT2D eigenvalue weighted by Crippen LogP contribution is -2.31. The van der Waals surface area contributed by atoms with E-state index in [2.05, 4.69) is 10.6 Å². The molecule has 0 saturated carbocycles. The van der Waals surface area contributed by atoms with E-state index in [0.29, 0.717) is 22.9 Å². The van der Waals surface area contributed by atoms with E-state index in [1.165, 1.54) is 10.5 Å². The number of rotatable bonds is 5. The van der Waals surface area contributed by atoms with Gasteiger partial charge in [0.2, 0.25) is 0 Å². The molecule has 3 rings (SSSR count). The Balaban J connectivity index is 1.59. The van der Waals surface area contributed by atoms with Crippen LogP contribution in [-0.4, -0.2) is 29.5 Å². The van der Waals surface area contributed by atoms with Gasteiger partial charge in [0.05, 0.1) is 5.69 Å². The first kappa shape index (κ1) is 17.1. The standard InChI is InChI=1S/C19H19N3O2S/c1-13-18(24)22(19(25)21-13)16-9-7-15(8-10-16)17(23)20-12-11-14-5-3-2-4-6-14/h2-10,13H,11-12H2,1H3,(H,20,23)(H,21,25). The number of carbonyl (C=O) groups excluding carboxylic acids is 2. The van der Waals surface area contributed by atoms with Gasteiger partial charge >= 0.3 is 0 Å². The van der Waals surface area contributed by atoms with Gasteiger partial charge in [-0.05, 0) is 55.4 Å². The van der Waals surface area contributed by atoms with E-state index in [1.54, 1.807) is 31.2 Å². The van der Waals surface area contributed by atoms with Gasteiger partial charge in [-0.15, -0.1) is 0 Å². The number of hydrogen-bond acceptors (Lipinski definition) is 3. The van der Waals surface area contributed by atoms with Gasteiger partial charge in [0.1, 0.15) is 6.04 Å². The van der Waals surface area contributed by atoms with Gasteiger partial charge in [0, 0.05) is 12.1 Å². The molecule has 25 heavy (non-hydrogen) atoms. The summed E-state index contributed by atoms with van der Waals surface area (Å²) in [7, 11) is 0. The highest BCUT2D eigenvalue weighted by molar-refractivity contribution is 7.80. The van der Waals surface area contributed by atoms with Crippen molar-refractivity contribution in [2.24, 2.45) is 0 Å². The van der Waals surface area contributed by atoms with Gasteiger partial charge in [-0.25, -0.2) is 0 Å². The minimum Gasteiger partial charge on any atom is -0.352 e. The maximum atomic E-state index is 12.2. The second kappa shape index (κ2) is 7.44. The highest BCUT2D eigenvalue weighted by Crippen LogP contribution is 2.20. The van der Waals surface area contributed by atoms with Crippen LogP contribution >= 0.6 is 12.2 Å². The fraction of sp³-hybridized carbons (Fsp3) is 0.211. The molecule has 0 aliphatic carbocycles. The third kappa shape index (κ3) is 3.85. The minimum absolute atomic E-state index is 0.0925. The molecule has 0 bridgehead atoms. The van der Waals surface area contributed by atoms with Gasteiger partial charge in [-0.2, -0.15) is 0 Å². The van der Waals surface area contributed by atoms with Gasteiger partial charge < -0.3 is 10.6 Å². The van der Waals surface area contributed by atoms with Crippen LogP contribution in [0.2, 0.25) is 0 Å². The van der Waals surface area contributed by atoms with E-state index in [9.17, 15) is 9.59 Å². The zero-order chi connectivity index (χ0) is 17.8. The van der Waals surface area contributed by atoms with Crippen LogP contribution in [0.4, 0.5) is 5.69 Å². The summed E-state index contributed by atoms with van der Waals surface area (Å²) in [6.45, 7) is 2.34. The van der Waals surface area contributed by atoms with Crippen molar-refractivity contribution in [2.45, 2.75) is 19.4 Å². The third-order valence-electron chi connectivity index (χ3n) is 4.06. The molecule has 128 valence electrons. The Hall–Kier alpha value is -2.73. The molecule has 5 nitrogen and oxygen atoms in total. The normalized spacial score (nSPS) is 16.7. The average Bonchev–Trinajstić information content (AvgIpc) is 2.88.